The number of methoxy groups -OCH3 is 1. The number of imidazole rings is 1. The Labute approximate surface area is 163 Å². The molecule has 28 heavy (non-hydrogen) atoms. The lowest BCUT2D eigenvalue weighted by Gasteiger charge is -2.37. The van der Waals surface area contributed by atoms with Crippen LogP contribution in [0.2, 0.25) is 0 Å². The third kappa shape index (κ3) is 3.08. The Bertz CT molecular complexity index is 950. The molecule has 0 bridgehead atoms. The van der Waals surface area contributed by atoms with E-state index in [1.165, 1.54) is 5.56 Å². The predicted octanol–water partition coefficient (Wildman–Crippen LogP) is 1.84. The van der Waals surface area contributed by atoms with Gasteiger partial charge in [0.15, 0.2) is 11.5 Å². The van der Waals surface area contributed by atoms with Gasteiger partial charge < -0.3 is 14.6 Å². The molecule has 0 spiro atoms. The molecule has 0 aliphatic carbocycles. The molecule has 4 heterocycles. The first-order valence-corrected chi connectivity index (χ1v) is 9.85. The van der Waals surface area contributed by atoms with Gasteiger partial charge in [0.2, 0.25) is 0 Å². The Hall–Kier alpha value is -2.71. The van der Waals surface area contributed by atoms with Crippen molar-refractivity contribution in [2.75, 3.05) is 31.6 Å². The van der Waals surface area contributed by atoms with Crippen molar-refractivity contribution in [2.45, 2.75) is 24.8 Å². The normalized spacial score (nSPS) is 23.4. The van der Waals surface area contributed by atoms with Crippen LogP contribution in [0.25, 0.3) is 11.2 Å². The van der Waals surface area contributed by atoms with Gasteiger partial charge in [0.05, 0.1) is 13.4 Å². The summed E-state index contributed by atoms with van der Waals surface area (Å²) in [5.41, 5.74) is 9.91. The van der Waals surface area contributed by atoms with Crippen LogP contribution in [0.15, 0.2) is 36.9 Å². The molecular formula is C20H25N7O. The minimum atomic E-state index is 0.423. The maximum absolute atomic E-state index is 5.42. The number of piperidine rings is 1. The van der Waals surface area contributed by atoms with Crippen LogP contribution in [-0.2, 0) is 0 Å². The summed E-state index contributed by atoms with van der Waals surface area (Å²) in [6, 6.07) is 8.88. The first-order valence-electron chi connectivity index (χ1n) is 9.85. The Morgan fingerprint density at radius 3 is 2.89 bits per heavy atom. The van der Waals surface area contributed by atoms with Gasteiger partial charge >= 0.3 is 0 Å². The molecule has 2 fully saturated rings. The van der Waals surface area contributed by atoms with Crippen molar-refractivity contribution >= 4 is 17.0 Å². The zero-order valence-electron chi connectivity index (χ0n) is 15.9. The van der Waals surface area contributed by atoms with Crippen LogP contribution >= 0.6 is 0 Å². The van der Waals surface area contributed by atoms with Gasteiger partial charge in [-0.1, -0.05) is 12.1 Å². The number of rotatable bonds is 4. The number of anilines is 1. The van der Waals surface area contributed by atoms with E-state index < -0.39 is 0 Å². The highest BCUT2D eigenvalue weighted by Crippen LogP contribution is 2.34. The molecule has 8 nitrogen and oxygen atoms in total. The summed E-state index contributed by atoms with van der Waals surface area (Å²) in [6.07, 6.45) is 5.53. The summed E-state index contributed by atoms with van der Waals surface area (Å²) in [5.74, 6) is 2.94. The number of hydrogen-bond donors (Lipinski definition) is 3. The quantitative estimate of drug-likeness (QED) is 0.637. The van der Waals surface area contributed by atoms with Crippen LogP contribution in [0.4, 0.5) is 5.82 Å². The van der Waals surface area contributed by atoms with E-state index in [1.54, 1.807) is 19.8 Å². The smallest absolute Gasteiger partial charge is 0.182 e. The Balaban J connectivity index is 1.30. The van der Waals surface area contributed by atoms with E-state index in [-0.39, 0.29) is 0 Å². The van der Waals surface area contributed by atoms with Gasteiger partial charge in [0.25, 0.3) is 0 Å². The van der Waals surface area contributed by atoms with Crippen LogP contribution in [-0.4, -0.2) is 52.7 Å². The number of benzene rings is 1. The Kier molecular flexibility index (Phi) is 4.58. The van der Waals surface area contributed by atoms with Crippen molar-refractivity contribution in [3.8, 4) is 5.75 Å². The molecule has 3 N–H and O–H groups in total. The molecule has 1 aromatic carbocycles. The summed E-state index contributed by atoms with van der Waals surface area (Å²) in [5, 5.41) is 0. The molecule has 2 unspecified atom stereocenters. The summed E-state index contributed by atoms with van der Waals surface area (Å²) in [4.78, 5) is 18.5. The molecule has 2 saturated heterocycles. The van der Waals surface area contributed by atoms with Gasteiger partial charge in [0, 0.05) is 31.6 Å². The summed E-state index contributed by atoms with van der Waals surface area (Å²) in [7, 11) is 1.72. The average molecular weight is 379 g/mol. The first-order chi connectivity index (χ1) is 13.8. The second-order valence-corrected chi connectivity index (χ2v) is 7.56. The van der Waals surface area contributed by atoms with Crippen LogP contribution in [0.1, 0.15) is 24.3 Å². The molecule has 2 aromatic heterocycles. The number of nitrogens with zero attached hydrogens (tertiary/aromatic N) is 4. The fourth-order valence-electron chi connectivity index (χ4n) is 4.62. The maximum atomic E-state index is 5.42. The number of ether oxygens (including phenoxy) is 1. The summed E-state index contributed by atoms with van der Waals surface area (Å²) < 4.78 is 5.42. The lowest BCUT2D eigenvalue weighted by Crippen LogP contribution is -2.44. The number of hydrogen-bond acceptors (Lipinski definition) is 7. The van der Waals surface area contributed by atoms with E-state index in [2.05, 4.69) is 53.9 Å². The zero-order valence-corrected chi connectivity index (χ0v) is 15.9. The van der Waals surface area contributed by atoms with E-state index in [4.69, 9.17) is 4.74 Å². The van der Waals surface area contributed by atoms with E-state index in [0.717, 1.165) is 55.2 Å². The number of aromatic amines is 1. The third-order valence-corrected chi connectivity index (χ3v) is 6.10. The molecule has 5 rings (SSSR count). The molecule has 2 atom stereocenters. The highest BCUT2D eigenvalue weighted by molar-refractivity contribution is 5.82. The van der Waals surface area contributed by atoms with Crippen molar-refractivity contribution in [3.63, 3.8) is 0 Å². The zero-order chi connectivity index (χ0) is 18.9. The SMILES string of the molecule is COc1cccc(C2CNNC2C2CCN(c3ncnc4nc[nH]c34)CC2)c1. The standard InChI is InChI=1S/C20H25N7O/c1-28-15-4-2-3-14(9-15)16-10-25-26-17(16)13-5-7-27(8-6-13)20-18-19(22-11-21-18)23-12-24-20/h2-4,9,11-13,16-17,25-26H,5-8,10H2,1H3,(H,21,22,23,24). The van der Waals surface area contributed by atoms with Gasteiger partial charge in [-0.3, -0.25) is 10.9 Å². The summed E-state index contributed by atoms with van der Waals surface area (Å²) >= 11 is 0. The molecule has 0 amide bonds. The van der Waals surface area contributed by atoms with Crippen molar-refractivity contribution in [2.24, 2.45) is 5.92 Å². The number of nitrogens with one attached hydrogen (secondary N) is 3. The van der Waals surface area contributed by atoms with E-state index >= 15 is 0 Å². The lowest BCUT2D eigenvalue weighted by molar-refractivity contribution is 0.295. The van der Waals surface area contributed by atoms with E-state index in [9.17, 15) is 0 Å². The van der Waals surface area contributed by atoms with Crippen molar-refractivity contribution in [1.82, 2.24) is 30.8 Å². The highest BCUT2D eigenvalue weighted by Gasteiger charge is 2.36. The van der Waals surface area contributed by atoms with Crippen LogP contribution in [0.3, 0.4) is 0 Å². The first kappa shape index (κ1) is 17.4. The third-order valence-electron chi connectivity index (χ3n) is 6.10. The Morgan fingerprint density at radius 1 is 1.14 bits per heavy atom. The van der Waals surface area contributed by atoms with E-state index in [0.29, 0.717) is 17.9 Å². The van der Waals surface area contributed by atoms with Gasteiger partial charge in [-0.15, -0.1) is 0 Å². The fraction of sp³-hybridized carbons (Fsp3) is 0.450. The second-order valence-electron chi connectivity index (χ2n) is 7.56. The van der Waals surface area contributed by atoms with Crippen molar-refractivity contribution in [1.29, 1.82) is 0 Å². The fourth-order valence-corrected chi connectivity index (χ4v) is 4.62. The molecule has 146 valence electrons. The van der Waals surface area contributed by atoms with Crippen molar-refractivity contribution in [3.05, 3.63) is 42.5 Å². The predicted molar refractivity (Wildman–Crippen MR) is 107 cm³/mol. The van der Waals surface area contributed by atoms with Gasteiger partial charge in [-0.2, -0.15) is 0 Å². The molecule has 2 aliphatic rings. The minimum Gasteiger partial charge on any atom is -0.497 e. The average Bonchev–Trinajstić information content (AvgIpc) is 3.43. The monoisotopic (exact) mass is 379 g/mol. The number of fused-ring (bicyclic) bond motifs is 1. The van der Waals surface area contributed by atoms with E-state index in [1.807, 2.05) is 6.07 Å². The Morgan fingerprint density at radius 2 is 2.04 bits per heavy atom. The van der Waals surface area contributed by atoms with Crippen LogP contribution in [0.5, 0.6) is 5.75 Å². The molecule has 8 heteroatoms. The van der Waals surface area contributed by atoms with Gasteiger partial charge in [-0.05, 0) is 36.5 Å². The topological polar surface area (TPSA) is 91.0 Å². The van der Waals surface area contributed by atoms with Crippen LogP contribution < -0.4 is 20.5 Å². The molecule has 0 saturated carbocycles. The molecule has 2 aliphatic heterocycles. The number of H-pyrrole nitrogens is 1. The summed E-state index contributed by atoms with van der Waals surface area (Å²) in [6.45, 7) is 2.91. The van der Waals surface area contributed by atoms with Gasteiger partial charge in [0.1, 0.15) is 17.6 Å². The minimum absolute atomic E-state index is 0.423. The van der Waals surface area contributed by atoms with Crippen LogP contribution in [0, 0.1) is 5.92 Å². The maximum Gasteiger partial charge on any atom is 0.182 e. The largest absolute Gasteiger partial charge is 0.497 e. The van der Waals surface area contributed by atoms with Gasteiger partial charge in [-0.25, -0.2) is 15.0 Å². The molecular weight excluding hydrogens is 354 g/mol. The second kappa shape index (κ2) is 7.37. The highest BCUT2D eigenvalue weighted by atomic mass is 16.5. The lowest BCUT2D eigenvalue weighted by atomic mass is 9.80. The molecule has 3 aromatic rings. The van der Waals surface area contributed by atoms with Crippen molar-refractivity contribution < 1.29 is 4.74 Å². The molecule has 0 radical (unpaired) electrons. The number of aromatic nitrogens is 4. The number of hydrazine groups is 1.